The second-order valence-corrected chi connectivity index (χ2v) is 11.2. The molecule has 2 bridgehead atoms. The summed E-state index contributed by atoms with van der Waals surface area (Å²) in [7, 11) is 5.22. The van der Waals surface area contributed by atoms with Gasteiger partial charge in [-0.2, -0.15) is 0 Å². The highest BCUT2D eigenvalue weighted by Crippen LogP contribution is 2.36. The number of hydrogen-bond acceptors (Lipinski definition) is 7. The van der Waals surface area contributed by atoms with Gasteiger partial charge in [-0.1, -0.05) is 6.07 Å². The number of likely N-dealkylation sites (tertiary alicyclic amines) is 1. The summed E-state index contributed by atoms with van der Waals surface area (Å²) in [6, 6.07) is 11.2. The molecule has 39 heavy (non-hydrogen) atoms. The molecule has 5 heterocycles. The average molecular weight is 533 g/mol. The summed E-state index contributed by atoms with van der Waals surface area (Å²) >= 11 is 0. The normalized spacial score (nSPS) is 20.8. The molecule has 1 N–H and O–H groups in total. The predicted octanol–water partition coefficient (Wildman–Crippen LogP) is 2.45. The molecule has 206 valence electrons. The fourth-order valence-corrected chi connectivity index (χ4v) is 6.77. The Kier molecular flexibility index (Phi) is 6.72. The molecule has 0 radical (unpaired) electrons. The van der Waals surface area contributed by atoms with Gasteiger partial charge in [-0.15, -0.1) is 0 Å². The van der Waals surface area contributed by atoms with E-state index in [2.05, 4.69) is 15.9 Å². The highest BCUT2D eigenvalue weighted by molar-refractivity contribution is 5.48. The van der Waals surface area contributed by atoms with Gasteiger partial charge in [0.05, 0.1) is 19.9 Å². The number of piperidine rings is 1. The van der Waals surface area contributed by atoms with Crippen LogP contribution < -0.4 is 20.5 Å². The van der Waals surface area contributed by atoms with Gasteiger partial charge in [-0.05, 0) is 48.1 Å². The van der Waals surface area contributed by atoms with Crippen LogP contribution in [0.1, 0.15) is 40.5 Å². The fraction of sp³-hybridized carbons (Fsp3) is 0.467. The van der Waals surface area contributed by atoms with Gasteiger partial charge in [0.1, 0.15) is 0 Å². The number of benzene rings is 1. The molecule has 1 fully saturated rings. The van der Waals surface area contributed by atoms with E-state index in [-0.39, 0.29) is 16.7 Å². The Labute approximate surface area is 227 Å². The maximum atomic E-state index is 12.9. The topological polar surface area (TPSA) is 89.2 Å². The first-order chi connectivity index (χ1) is 18.8. The Morgan fingerprint density at radius 1 is 0.949 bits per heavy atom. The summed E-state index contributed by atoms with van der Waals surface area (Å²) in [4.78, 5) is 29.9. The van der Waals surface area contributed by atoms with E-state index in [9.17, 15) is 14.7 Å². The summed E-state index contributed by atoms with van der Waals surface area (Å²) in [5.41, 5.74) is 4.78. The number of methoxy groups -OCH3 is 2. The molecule has 6 rings (SSSR count). The Balaban J connectivity index is 1.22. The Hall–Kier alpha value is -3.56. The molecule has 2 unspecified atom stereocenters. The van der Waals surface area contributed by atoms with Crippen molar-refractivity contribution in [1.82, 2.24) is 18.9 Å². The van der Waals surface area contributed by atoms with E-state index in [1.54, 1.807) is 26.4 Å². The number of ether oxygens (including phenoxy) is 2. The summed E-state index contributed by atoms with van der Waals surface area (Å²) in [6.45, 7) is 5.09. The Morgan fingerprint density at radius 2 is 1.72 bits per heavy atom. The molecule has 0 spiro atoms. The van der Waals surface area contributed by atoms with Gasteiger partial charge in [0.15, 0.2) is 17.2 Å². The van der Waals surface area contributed by atoms with Gasteiger partial charge in [0.25, 0.3) is 5.56 Å². The summed E-state index contributed by atoms with van der Waals surface area (Å²) in [6.07, 6.45) is 1.94. The van der Waals surface area contributed by atoms with Crippen molar-refractivity contribution in [2.75, 3.05) is 33.9 Å². The maximum absolute atomic E-state index is 12.9. The van der Waals surface area contributed by atoms with E-state index in [0.29, 0.717) is 42.9 Å². The number of aromatic nitrogens is 2. The third-order valence-corrected chi connectivity index (χ3v) is 8.75. The van der Waals surface area contributed by atoms with Crippen LogP contribution in [0.25, 0.3) is 0 Å². The van der Waals surface area contributed by atoms with E-state index in [1.165, 1.54) is 11.1 Å². The summed E-state index contributed by atoms with van der Waals surface area (Å²) < 4.78 is 14.9. The minimum atomic E-state index is -0.337. The highest BCUT2D eigenvalue weighted by atomic mass is 16.5. The Morgan fingerprint density at radius 3 is 2.49 bits per heavy atom. The molecule has 3 aliphatic heterocycles. The van der Waals surface area contributed by atoms with E-state index in [4.69, 9.17) is 9.47 Å². The number of rotatable bonds is 6. The van der Waals surface area contributed by atoms with Gasteiger partial charge in [-0.25, -0.2) is 0 Å². The van der Waals surface area contributed by atoms with Crippen LogP contribution in [0.2, 0.25) is 0 Å². The molecule has 1 saturated heterocycles. The molecule has 0 aliphatic carbocycles. The third kappa shape index (κ3) is 4.74. The number of fused-ring (bicyclic) bond motifs is 5. The van der Waals surface area contributed by atoms with Crippen molar-refractivity contribution in [3.63, 3.8) is 0 Å². The first-order valence-electron chi connectivity index (χ1n) is 13.6. The van der Waals surface area contributed by atoms with Gasteiger partial charge in [0, 0.05) is 82.3 Å². The second kappa shape index (κ2) is 10.2. The smallest absolute Gasteiger partial charge is 0.250 e. The van der Waals surface area contributed by atoms with Gasteiger partial charge in [-0.3, -0.25) is 19.4 Å². The zero-order chi connectivity index (χ0) is 27.3. The standard InChI is InChI=1S/C30H36N4O5/c1-31-23(17-33-13-19-9-22(16-33)24-5-4-6-29(36)34(24)14-19)12-26(35)30(37)25(31)18-32-8-7-20-10-27(38-2)28(39-3)11-21(20)15-32/h4-6,10-12,19,22,37H,7-9,13-18H2,1-3H3. The van der Waals surface area contributed by atoms with Crippen LogP contribution >= 0.6 is 0 Å². The van der Waals surface area contributed by atoms with Crippen LogP contribution in [0, 0.1) is 5.92 Å². The molecule has 9 heteroatoms. The fourth-order valence-electron chi connectivity index (χ4n) is 6.77. The van der Waals surface area contributed by atoms with E-state index in [0.717, 1.165) is 56.2 Å². The Bertz CT molecular complexity index is 1530. The molecule has 1 aromatic carbocycles. The van der Waals surface area contributed by atoms with Crippen LogP contribution in [-0.4, -0.2) is 57.9 Å². The molecule has 9 nitrogen and oxygen atoms in total. The second-order valence-electron chi connectivity index (χ2n) is 11.2. The van der Waals surface area contributed by atoms with Crippen molar-refractivity contribution in [3.05, 3.63) is 85.2 Å². The van der Waals surface area contributed by atoms with Crippen molar-refractivity contribution < 1.29 is 14.6 Å². The zero-order valence-corrected chi connectivity index (χ0v) is 22.9. The SMILES string of the molecule is COc1cc2c(cc1OC)CN(Cc1c(O)c(=O)cc(CN3CC4CC(C3)c3cccc(=O)n3C4)n1C)CC2. The largest absolute Gasteiger partial charge is 0.503 e. The lowest BCUT2D eigenvalue weighted by Crippen LogP contribution is -2.47. The lowest BCUT2D eigenvalue weighted by molar-refractivity contribution is 0.112. The van der Waals surface area contributed by atoms with Crippen LogP contribution in [0.4, 0.5) is 0 Å². The molecule has 0 amide bonds. The summed E-state index contributed by atoms with van der Waals surface area (Å²) in [5.74, 6) is 1.98. The molecule has 3 aromatic rings. The zero-order valence-electron chi connectivity index (χ0n) is 22.9. The number of nitrogens with zero attached hydrogens (tertiary/aromatic N) is 4. The van der Waals surface area contributed by atoms with Crippen LogP contribution in [0.5, 0.6) is 17.2 Å². The van der Waals surface area contributed by atoms with E-state index < -0.39 is 0 Å². The average Bonchev–Trinajstić information content (AvgIpc) is 2.93. The van der Waals surface area contributed by atoms with Crippen LogP contribution in [0.3, 0.4) is 0 Å². The summed E-state index contributed by atoms with van der Waals surface area (Å²) in [5, 5.41) is 10.8. The maximum Gasteiger partial charge on any atom is 0.250 e. The monoisotopic (exact) mass is 532 g/mol. The van der Waals surface area contributed by atoms with Crippen molar-refractivity contribution in [2.45, 2.75) is 44.9 Å². The minimum Gasteiger partial charge on any atom is -0.503 e. The number of hydrogen-bond donors (Lipinski definition) is 1. The van der Waals surface area contributed by atoms with Crippen LogP contribution in [-0.2, 0) is 39.6 Å². The molecule has 0 saturated carbocycles. The number of pyridine rings is 2. The molecular formula is C30H36N4O5. The lowest BCUT2D eigenvalue weighted by atomic mass is 9.83. The van der Waals surface area contributed by atoms with Crippen LogP contribution in [0.15, 0.2) is 46.0 Å². The van der Waals surface area contributed by atoms with E-state index in [1.807, 2.05) is 34.4 Å². The quantitative estimate of drug-likeness (QED) is 0.522. The van der Waals surface area contributed by atoms with Crippen molar-refractivity contribution in [1.29, 1.82) is 0 Å². The van der Waals surface area contributed by atoms with Gasteiger partial charge < -0.3 is 23.7 Å². The lowest BCUT2D eigenvalue weighted by Gasteiger charge is -2.43. The minimum absolute atomic E-state index is 0.0825. The van der Waals surface area contributed by atoms with Gasteiger partial charge in [0.2, 0.25) is 5.43 Å². The van der Waals surface area contributed by atoms with Crippen molar-refractivity contribution in [3.8, 4) is 17.2 Å². The van der Waals surface area contributed by atoms with Crippen molar-refractivity contribution in [2.24, 2.45) is 13.0 Å². The predicted molar refractivity (Wildman–Crippen MR) is 148 cm³/mol. The molecule has 2 aromatic heterocycles. The van der Waals surface area contributed by atoms with E-state index >= 15 is 0 Å². The third-order valence-electron chi connectivity index (χ3n) is 8.75. The highest BCUT2D eigenvalue weighted by Gasteiger charge is 2.34. The van der Waals surface area contributed by atoms with Crippen molar-refractivity contribution >= 4 is 0 Å². The first kappa shape index (κ1) is 25.7. The van der Waals surface area contributed by atoms with Gasteiger partial charge >= 0.3 is 0 Å². The number of aromatic hydroxyl groups is 1. The molecule has 3 aliphatic rings. The first-order valence-corrected chi connectivity index (χ1v) is 13.6. The molecule has 2 atom stereocenters. The molecular weight excluding hydrogens is 496 g/mol.